The van der Waals surface area contributed by atoms with E-state index in [0.717, 1.165) is 0 Å². The number of nitrogens with one attached hydrogen (secondary N) is 3. The first kappa shape index (κ1) is 15.9. The molecule has 9 nitrogen and oxygen atoms in total. The van der Waals surface area contributed by atoms with Crippen LogP contribution in [0.1, 0.15) is 45.5 Å². The standard InChI is InChI=1S/C11H20N6O3/c1-4-11(5-2,9(18)19)6-12-10(20)13-7(3)8-14-16-17-15-8/h7H,4-6H2,1-3H3,(H,18,19)(H2,12,13,20)(H,14,15,16,17). The first-order chi connectivity index (χ1) is 9.45. The molecule has 4 N–H and O–H groups in total. The van der Waals surface area contributed by atoms with Gasteiger partial charge in [0, 0.05) is 6.54 Å². The van der Waals surface area contributed by atoms with Crippen molar-refractivity contribution in [2.24, 2.45) is 5.41 Å². The smallest absolute Gasteiger partial charge is 0.315 e. The van der Waals surface area contributed by atoms with E-state index in [9.17, 15) is 14.7 Å². The summed E-state index contributed by atoms with van der Waals surface area (Å²) < 4.78 is 0. The number of hydrogen-bond acceptors (Lipinski definition) is 5. The zero-order valence-corrected chi connectivity index (χ0v) is 11.8. The minimum absolute atomic E-state index is 0.0696. The van der Waals surface area contributed by atoms with Crippen LogP contribution >= 0.6 is 0 Å². The molecule has 0 bridgehead atoms. The normalized spacial score (nSPS) is 12.8. The lowest BCUT2D eigenvalue weighted by molar-refractivity contribution is -0.149. The molecule has 9 heteroatoms. The van der Waals surface area contributed by atoms with Gasteiger partial charge in [0.05, 0.1) is 11.5 Å². The fourth-order valence-electron chi connectivity index (χ4n) is 1.79. The quantitative estimate of drug-likeness (QED) is 0.574. The lowest BCUT2D eigenvalue weighted by Crippen LogP contribution is -2.46. The lowest BCUT2D eigenvalue weighted by Gasteiger charge is -2.27. The van der Waals surface area contributed by atoms with Gasteiger partial charge in [-0.1, -0.05) is 19.1 Å². The molecule has 0 radical (unpaired) electrons. The van der Waals surface area contributed by atoms with Gasteiger partial charge in [-0.3, -0.25) is 4.79 Å². The summed E-state index contributed by atoms with van der Waals surface area (Å²) in [5.41, 5.74) is -0.938. The average molecular weight is 284 g/mol. The van der Waals surface area contributed by atoms with Crippen LogP contribution in [-0.2, 0) is 4.79 Å². The van der Waals surface area contributed by atoms with E-state index >= 15 is 0 Å². The van der Waals surface area contributed by atoms with Crippen LogP contribution in [-0.4, -0.2) is 44.3 Å². The van der Waals surface area contributed by atoms with E-state index in [0.29, 0.717) is 18.7 Å². The monoisotopic (exact) mass is 284 g/mol. The summed E-state index contributed by atoms with van der Waals surface area (Å²) in [6.07, 6.45) is 0.888. The van der Waals surface area contributed by atoms with Crippen LogP contribution in [0.3, 0.4) is 0 Å². The van der Waals surface area contributed by atoms with Gasteiger partial charge in [0.2, 0.25) is 0 Å². The summed E-state index contributed by atoms with van der Waals surface area (Å²) in [5.74, 6) is -0.551. The van der Waals surface area contributed by atoms with Crippen LogP contribution in [0.2, 0.25) is 0 Å². The molecule has 1 heterocycles. The predicted octanol–water partition coefficient (Wildman–Crippen LogP) is 0.451. The van der Waals surface area contributed by atoms with Crippen molar-refractivity contribution in [3.05, 3.63) is 5.82 Å². The Morgan fingerprint density at radius 2 is 2.05 bits per heavy atom. The maximum atomic E-state index is 11.7. The number of carbonyl (C=O) groups excluding carboxylic acids is 1. The zero-order valence-electron chi connectivity index (χ0n) is 11.8. The second-order valence-corrected chi connectivity index (χ2v) is 4.61. The Morgan fingerprint density at radius 3 is 2.50 bits per heavy atom. The minimum Gasteiger partial charge on any atom is -0.481 e. The summed E-state index contributed by atoms with van der Waals surface area (Å²) in [6.45, 7) is 5.35. The SMILES string of the molecule is CCC(CC)(CNC(=O)NC(C)c1nn[nH]n1)C(=O)O. The summed E-state index contributed by atoms with van der Waals surface area (Å²) >= 11 is 0. The van der Waals surface area contributed by atoms with Gasteiger partial charge in [-0.2, -0.15) is 5.21 Å². The Morgan fingerprint density at radius 1 is 1.40 bits per heavy atom. The Kier molecular flexibility index (Phi) is 5.42. The van der Waals surface area contributed by atoms with E-state index in [1.54, 1.807) is 20.8 Å². The highest BCUT2D eigenvalue weighted by Gasteiger charge is 2.35. The number of nitrogens with zero attached hydrogens (tertiary/aromatic N) is 3. The number of H-pyrrole nitrogens is 1. The molecule has 0 aliphatic rings. The van der Waals surface area contributed by atoms with Crippen LogP contribution in [0.4, 0.5) is 4.79 Å². The third kappa shape index (κ3) is 3.65. The number of tetrazole rings is 1. The summed E-state index contributed by atoms with van der Waals surface area (Å²) in [5, 5.41) is 27.7. The fraction of sp³-hybridized carbons (Fsp3) is 0.727. The van der Waals surface area contributed by atoms with Crippen molar-refractivity contribution in [3.63, 3.8) is 0 Å². The lowest BCUT2D eigenvalue weighted by atomic mass is 9.82. The third-order valence-electron chi connectivity index (χ3n) is 3.49. The number of aromatic nitrogens is 4. The number of aromatic amines is 1. The molecule has 112 valence electrons. The second-order valence-electron chi connectivity index (χ2n) is 4.61. The Labute approximate surface area is 116 Å². The molecule has 0 aromatic carbocycles. The average Bonchev–Trinajstić information content (AvgIpc) is 2.94. The van der Waals surface area contributed by atoms with Gasteiger partial charge in [0.25, 0.3) is 0 Å². The molecule has 0 spiro atoms. The van der Waals surface area contributed by atoms with Gasteiger partial charge < -0.3 is 15.7 Å². The number of aliphatic carboxylic acids is 1. The predicted molar refractivity (Wildman–Crippen MR) is 69.8 cm³/mol. The van der Waals surface area contributed by atoms with Gasteiger partial charge in [-0.25, -0.2) is 4.79 Å². The molecule has 0 fully saturated rings. The number of carbonyl (C=O) groups is 2. The van der Waals surface area contributed by atoms with E-state index < -0.39 is 23.5 Å². The molecule has 0 aliphatic heterocycles. The number of carboxylic acids is 1. The molecule has 1 rings (SSSR count). The van der Waals surface area contributed by atoms with E-state index in [1.807, 2.05) is 0 Å². The molecule has 1 unspecified atom stereocenters. The fourth-order valence-corrected chi connectivity index (χ4v) is 1.79. The van der Waals surface area contributed by atoms with Gasteiger partial charge >= 0.3 is 12.0 Å². The number of hydrogen-bond donors (Lipinski definition) is 4. The molecular weight excluding hydrogens is 264 g/mol. The van der Waals surface area contributed by atoms with Crippen LogP contribution in [0.5, 0.6) is 0 Å². The van der Waals surface area contributed by atoms with Crippen molar-refractivity contribution in [2.75, 3.05) is 6.54 Å². The van der Waals surface area contributed by atoms with E-state index in [4.69, 9.17) is 0 Å². The topological polar surface area (TPSA) is 133 Å². The molecule has 1 atom stereocenters. The van der Waals surface area contributed by atoms with Crippen molar-refractivity contribution >= 4 is 12.0 Å². The van der Waals surface area contributed by atoms with Crippen molar-refractivity contribution in [2.45, 2.75) is 39.7 Å². The number of carboxylic acid groups (broad SMARTS) is 1. The van der Waals surface area contributed by atoms with Crippen LogP contribution in [0.25, 0.3) is 0 Å². The maximum absolute atomic E-state index is 11.7. The maximum Gasteiger partial charge on any atom is 0.315 e. The van der Waals surface area contributed by atoms with Gasteiger partial charge in [0.15, 0.2) is 5.82 Å². The van der Waals surface area contributed by atoms with Crippen molar-refractivity contribution in [1.82, 2.24) is 31.3 Å². The van der Waals surface area contributed by atoms with E-state index in [1.165, 1.54) is 0 Å². The molecule has 20 heavy (non-hydrogen) atoms. The van der Waals surface area contributed by atoms with Gasteiger partial charge in [0.1, 0.15) is 0 Å². The van der Waals surface area contributed by atoms with Crippen molar-refractivity contribution in [3.8, 4) is 0 Å². The third-order valence-corrected chi connectivity index (χ3v) is 3.49. The van der Waals surface area contributed by atoms with E-state index in [2.05, 4.69) is 31.3 Å². The second kappa shape index (κ2) is 6.83. The molecule has 1 aromatic heterocycles. The summed E-state index contributed by atoms with van der Waals surface area (Å²) in [6, 6.07) is -0.883. The Hall–Kier alpha value is -2.19. The molecular formula is C11H20N6O3. The largest absolute Gasteiger partial charge is 0.481 e. The van der Waals surface area contributed by atoms with Crippen molar-refractivity contribution < 1.29 is 14.7 Å². The highest BCUT2D eigenvalue weighted by molar-refractivity contribution is 5.78. The number of urea groups is 1. The van der Waals surface area contributed by atoms with Gasteiger partial charge in [-0.15, -0.1) is 10.2 Å². The van der Waals surface area contributed by atoms with Crippen LogP contribution in [0.15, 0.2) is 0 Å². The van der Waals surface area contributed by atoms with E-state index in [-0.39, 0.29) is 6.54 Å². The Bertz CT molecular complexity index is 443. The molecule has 0 aliphatic carbocycles. The molecule has 0 saturated heterocycles. The first-order valence-electron chi connectivity index (χ1n) is 6.46. The van der Waals surface area contributed by atoms with Crippen LogP contribution < -0.4 is 10.6 Å². The highest BCUT2D eigenvalue weighted by atomic mass is 16.4. The summed E-state index contributed by atoms with van der Waals surface area (Å²) in [4.78, 5) is 23.0. The van der Waals surface area contributed by atoms with Crippen LogP contribution in [0, 0.1) is 5.41 Å². The number of rotatable bonds is 7. The molecule has 1 aromatic rings. The molecule has 0 saturated carbocycles. The Balaban J connectivity index is 2.52. The minimum atomic E-state index is -0.938. The van der Waals surface area contributed by atoms with Gasteiger partial charge in [-0.05, 0) is 19.8 Å². The summed E-state index contributed by atoms with van der Waals surface area (Å²) in [7, 11) is 0. The zero-order chi connectivity index (χ0) is 15.2. The molecule has 2 amide bonds. The first-order valence-corrected chi connectivity index (χ1v) is 6.46. The number of amides is 2. The highest BCUT2D eigenvalue weighted by Crippen LogP contribution is 2.25. The van der Waals surface area contributed by atoms with Crippen molar-refractivity contribution in [1.29, 1.82) is 0 Å².